The Hall–Kier alpha value is -1.54. The molecule has 0 bridgehead atoms. The molecular weight excluding hydrogens is 284 g/mol. The zero-order chi connectivity index (χ0) is 15.4. The minimum absolute atomic E-state index is 0.0686. The van der Waals surface area contributed by atoms with E-state index in [1.807, 2.05) is 19.6 Å². The quantitative estimate of drug-likeness (QED) is 0.754. The highest BCUT2D eigenvalue weighted by atomic mass is 16.2. The van der Waals surface area contributed by atoms with Crippen LogP contribution in [-0.2, 0) is 0 Å². The Morgan fingerprint density at radius 2 is 1.05 bits per heavy atom. The van der Waals surface area contributed by atoms with Gasteiger partial charge in [-0.25, -0.2) is 9.59 Å². The molecule has 0 unspecified atom stereocenters. The van der Waals surface area contributed by atoms with Gasteiger partial charge in [0.2, 0.25) is 0 Å². The summed E-state index contributed by atoms with van der Waals surface area (Å²) in [6.45, 7) is 8.60. The van der Waals surface area contributed by atoms with E-state index in [4.69, 9.17) is 0 Å². The summed E-state index contributed by atoms with van der Waals surface area (Å²) in [5.41, 5.74) is 0. The van der Waals surface area contributed by atoms with Crippen molar-refractivity contribution < 1.29 is 9.59 Å². The lowest BCUT2D eigenvalue weighted by molar-refractivity contribution is -0.0235. The number of nitrogens with zero attached hydrogens (tertiary/aromatic N) is 6. The van der Waals surface area contributed by atoms with Crippen molar-refractivity contribution in [3.8, 4) is 0 Å². The van der Waals surface area contributed by atoms with Crippen molar-refractivity contribution in [2.24, 2.45) is 0 Å². The Labute approximate surface area is 130 Å². The zero-order valence-corrected chi connectivity index (χ0v) is 13.3. The molecule has 0 N–H and O–H groups in total. The van der Waals surface area contributed by atoms with Crippen LogP contribution in [0.1, 0.15) is 26.7 Å². The zero-order valence-electron chi connectivity index (χ0n) is 13.3. The molecule has 4 aliphatic heterocycles. The lowest BCUT2D eigenvalue weighted by Crippen LogP contribution is -2.61. The van der Waals surface area contributed by atoms with Gasteiger partial charge in [0.1, 0.15) is 0 Å². The highest BCUT2D eigenvalue weighted by Crippen LogP contribution is 2.39. The molecule has 0 aliphatic carbocycles. The molecular formula is C14H24N6O2. The number of hydrogen-bond donors (Lipinski definition) is 0. The molecule has 8 nitrogen and oxygen atoms in total. The van der Waals surface area contributed by atoms with Gasteiger partial charge in [-0.3, -0.25) is 29.4 Å². The normalized spacial score (nSPS) is 31.5. The number of urea groups is 2. The van der Waals surface area contributed by atoms with Crippen molar-refractivity contribution in [2.45, 2.75) is 39.0 Å². The standard InChI is InChI=1S/C14H24N6O2/c1-3-5-15-7-17-11-12-19(13(17)21)9-16(6-4-2)10-20(12)14(22)18(11)8-15/h11-12H,3-10H2,1-2H3. The Morgan fingerprint density at radius 3 is 1.32 bits per heavy atom. The third kappa shape index (κ3) is 1.77. The molecule has 8 heteroatoms. The van der Waals surface area contributed by atoms with E-state index in [1.54, 1.807) is 0 Å². The number of rotatable bonds is 4. The second-order valence-electron chi connectivity index (χ2n) is 6.63. The first-order valence-corrected chi connectivity index (χ1v) is 8.25. The second kappa shape index (κ2) is 4.99. The van der Waals surface area contributed by atoms with Gasteiger partial charge in [0, 0.05) is 13.1 Å². The lowest BCUT2D eigenvalue weighted by atomic mass is 10.3. The van der Waals surface area contributed by atoms with Crippen LogP contribution in [0.4, 0.5) is 9.59 Å². The Morgan fingerprint density at radius 1 is 0.727 bits per heavy atom. The van der Waals surface area contributed by atoms with Gasteiger partial charge < -0.3 is 0 Å². The van der Waals surface area contributed by atoms with Crippen LogP contribution in [0.5, 0.6) is 0 Å². The van der Waals surface area contributed by atoms with Crippen LogP contribution in [0.15, 0.2) is 0 Å². The van der Waals surface area contributed by atoms with E-state index in [9.17, 15) is 9.59 Å². The molecule has 4 aliphatic rings. The van der Waals surface area contributed by atoms with Crippen molar-refractivity contribution in [3.63, 3.8) is 0 Å². The number of carbonyl (C=O) groups excluding carboxylic acids is 2. The van der Waals surface area contributed by atoms with Crippen LogP contribution < -0.4 is 0 Å². The van der Waals surface area contributed by atoms with Gasteiger partial charge in [0.05, 0.1) is 26.7 Å². The first-order valence-electron chi connectivity index (χ1n) is 8.25. The van der Waals surface area contributed by atoms with Crippen LogP contribution in [-0.4, -0.2) is 93.6 Å². The average Bonchev–Trinajstić information content (AvgIpc) is 2.94. The van der Waals surface area contributed by atoms with E-state index in [2.05, 4.69) is 23.6 Å². The first-order chi connectivity index (χ1) is 10.7. The highest BCUT2D eigenvalue weighted by Gasteiger charge is 2.62. The topological polar surface area (TPSA) is 53.6 Å². The largest absolute Gasteiger partial charge is 0.325 e. The van der Waals surface area contributed by atoms with E-state index in [0.29, 0.717) is 26.7 Å². The molecule has 4 fully saturated rings. The van der Waals surface area contributed by atoms with Crippen molar-refractivity contribution in [2.75, 3.05) is 39.8 Å². The predicted octanol–water partition coefficient (Wildman–Crippen LogP) is 0.395. The molecule has 0 atom stereocenters. The molecule has 0 aromatic carbocycles. The van der Waals surface area contributed by atoms with Crippen molar-refractivity contribution >= 4 is 12.1 Å². The van der Waals surface area contributed by atoms with Crippen molar-refractivity contribution in [1.82, 2.24) is 29.4 Å². The minimum atomic E-state index is -0.100. The molecule has 122 valence electrons. The van der Waals surface area contributed by atoms with Gasteiger partial charge in [-0.05, 0) is 12.8 Å². The summed E-state index contributed by atoms with van der Waals surface area (Å²) >= 11 is 0. The van der Waals surface area contributed by atoms with E-state index < -0.39 is 0 Å². The van der Waals surface area contributed by atoms with E-state index in [1.165, 1.54) is 0 Å². The van der Waals surface area contributed by atoms with E-state index in [-0.39, 0.29) is 24.4 Å². The van der Waals surface area contributed by atoms with E-state index >= 15 is 0 Å². The fourth-order valence-electron chi connectivity index (χ4n) is 4.21. The molecule has 0 spiro atoms. The maximum Gasteiger partial charge on any atom is 0.325 e. The van der Waals surface area contributed by atoms with Gasteiger partial charge in [-0.2, -0.15) is 0 Å². The molecule has 22 heavy (non-hydrogen) atoms. The van der Waals surface area contributed by atoms with Gasteiger partial charge in [-0.1, -0.05) is 13.8 Å². The van der Waals surface area contributed by atoms with Gasteiger partial charge in [0.25, 0.3) is 0 Å². The van der Waals surface area contributed by atoms with Crippen LogP contribution in [0, 0.1) is 0 Å². The summed E-state index contributed by atoms with van der Waals surface area (Å²) in [5.74, 6) is 0. The molecule has 4 saturated heterocycles. The maximum absolute atomic E-state index is 12.8. The van der Waals surface area contributed by atoms with Crippen molar-refractivity contribution in [3.05, 3.63) is 0 Å². The molecule has 0 radical (unpaired) electrons. The molecule has 4 rings (SSSR count). The Balaban J connectivity index is 1.64. The van der Waals surface area contributed by atoms with Crippen LogP contribution in [0.25, 0.3) is 0 Å². The molecule has 0 aromatic rings. The first kappa shape index (κ1) is 14.1. The molecule has 0 saturated carbocycles. The minimum Gasteiger partial charge on any atom is -0.287 e. The third-order valence-corrected chi connectivity index (χ3v) is 5.02. The fourth-order valence-corrected chi connectivity index (χ4v) is 4.21. The maximum atomic E-state index is 12.8. The second-order valence-corrected chi connectivity index (χ2v) is 6.63. The molecule has 0 aromatic heterocycles. The highest BCUT2D eigenvalue weighted by molar-refractivity contribution is 5.85. The number of hydrogen-bond acceptors (Lipinski definition) is 4. The average molecular weight is 308 g/mol. The van der Waals surface area contributed by atoms with Gasteiger partial charge in [0.15, 0.2) is 12.3 Å². The van der Waals surface area contributed by atoms with E-state index in [0.717, 1.165) is 25.9 Å². The fraction of sp³-hybridized carbons (Fsp3) is 0.857. The predicted molar refractivity (Wildman–Crippen MR) is 79.2 cm³/mol. The summed E-state index contributed by atoms with van der Waals surface area (Å²) in [6, 6.07) is 0.137. The monoisotopic (exact) mass is 308 g/mol. The lowest BCUT2D eigenvalue weighted by Gasteiger charge is -2.42. The molecule has 4 heterocycles. The summed E-state index contributed by atoms with van der Waals surface area (Å²) in [4.78, 5) is 37.4. The SMILES string of the molecule is CCCN1CN2C(=O)N3CN(CCC)CN4C(=O)N(C1)C2C34. The molecule has 4 amide bonds. The number of amides is 4. The summed E-state index contributed by atoms with van der Waals surface area (Å²) in [7, 11) is 0. The smallest absolute Gasteiger partial charge is 0.287 e. The van der Waals surface area contributed by atoms with Crippen molar-refractivity contribution in [1.29, 1.82) is 0 Å². The van der Waals surface area contributed by atoms with Gasteiger partial charge >= 0.3 is 12.1 Å². The number of carbonyl (C=O) groups is 2. The van der Waals surface area contributed by atoms with Crippen LogP contribution in [0.2, 0.25) is 0 Å². The summed E-state index contributed by atoms with van der Waals surface area (Å²) in [5, 5.41) is 0. The van der Waals surface area contributed by atoms with Crippen LogP contribution in [0.3, 0.4) is 0 Å². The Bertz CT molecular complexity index is 424. The summed E-state index contributed by atoms with van der Waals surface area (Å²) in [6.07, 6.45) is 1.85. The summed E-state index contributed by atoms with van der Waals surface area (Å²) < 4.78 is 0. The Kier molecular flexibility index (Phi) is 3.19. The van der Waals surface area contributed by atoms with Gasteiger partial charge in [-0.15, -0.1) is 0 Å². The third-order valence-electron chi connectivity index (χ3n) is 5.02. The van der Waals surface area contributed by atoms with Crippen LogP contribution >= 0.6 is 0 Å².